The van der Waals surface area contributed by atoms with Crippen molar-refractivity contribution in [3.8, 4) is 5.69 Å². The summed E-state index contributed by atoms with van der Waals surface area (Å²) in [6.07, 6.45) is 0.922. The molecule has 37 heavy (non-hydrogen) atoms. The number of hydrogen-bond acceptors (Lipinski definition) is 4. The molecule has 2 heterocycles. The highest BCUT2D eigenvalue weighted by molar-refractivity contribution is 6.30. The van der Waals surface area contributed by atoms with Crippen molar-refractivity contribution in [1.82, 2.24) is 19.8 Å². The normalized spacial score (nSPS) is 13.3. The van der Waals surface area contributed by atoms with Crippen molar-refractivity contribution in [3.63, 3.8) is 0 Å². The number of benzene rings is 2. The van der Waals surface area contributed by atoms with Crippen LogP contribution in [0.2, 0.25) is 5.02 Å². The monoisotopic (exact) mass is 587 g/mol. The van der Waals surface area contributed by atoms with Crippen LogP contribution in [0.15, 0.2) is 42.5 Å². The first-order valence-corrected chi connectivity index (χ1v) is 12.4. The molecule has 0 unspecified atom stereocenters. The van der Waals surface area contributed by atoms with Gasteiger partial charge in [-0.15, -0.1) is 37.2 Å². The Morgan fingerprint density at radius 2 is 1.59 bits per heavy atom. The fourth-order valence-corrected chi connectivity index (χ4v) is 4.83. The molecule has 0 saturated carbocycles. The molecule has 1 fully saturated rings. The molecule has 1 aromatic heterocycles. The number of nitrogens with one attached hydrogen (secondary N) is 1. The maximum Gasteiger partial charge on any atom is 0.271 e. The molecular formula is C27H37Cl4N5O. The summed E-state index contributed by atoms with van der Waals surface area (Å²) in [6.45, 7) is 14.0. The zero-order valence-corrected chi connectivity index (χ0v) is 25.0. The van der Waals surface area contributed by atoms with Crippen LogP contribution in [0.4, 0.5) is 5.69 Å². The number of piperazine rings is 1. The van der Waals surface area contributed by atoms with Gasteiger partial charge in [-0.05, 0) is 82.1 Å². The van der Waals surface area contributed by atoms with E-state index < -0.39 is 0 Å². The summed E-state index contributed by atoms with van der Waals surface area (Å²) >= 11 is 6.01. The number of nitrogens with zero attached hydrogens (tertiary/aromatic N) is 4. The van der Waals surface area contributed by atoms with Crippen molar-refractivity contribution in [1.29, 1.82) is 0 Å². The third kappa shape index (κ3) is 7.78. The molecule has 1 aliphatic heterocycles. The number of carbonyl (C=O) groups is 1. The molecule has 1 N–H and O–H groups in total. The Labute approximate surface area is 244 Å². The van der Waals surface area contributed by atoms with Gasteiger partial charge in [-0.1, -0.05) is 23.7 Å². The molecule has 0 radical (unpaired) electrons. The van der Waals surface area contributed by atoms with E-state index in [0.29, 0.717) is 17.3 Å². The molecule has 3 aromatic rings. The van der Waals surface area contributed by atoms with Gasteiger partial charge in [0.05, 0.1) is 5.69 Å². The Hall–Kier alpha value is -1.96. The van der Waals surface area contributed by atoms with Crippen molar-refractivity contribution in [3.05, 3.63) is 75.8 Å². The van der Waals surface area contributed by atoms with Crippen LogP contribution in [-0.2, 0) is 0 Å². The van der Waals surface area contributed by atoms with E-state index >= 15 is 0 Å². The largest absolute Gasteiger partial charge is 0.369 e. The Balaban J connectivity index is 0.00000228. The van der Waals surface area contributed by atoms with E-state index in [0.717, 1.165) is 56.4 Å². The first-order valence-electron chi connectivity index (χ1n) is 12.0. The molecule has 0 atom stereocenters. The van der Waals surface area contributed by atoms with Crippen molar-refractivity contribution in [2.75, 3.05) is 44.2 Å². The van der Waals surface area contributed by atoms with Crippen LogP contribution in [0.5, 0.6) is 0 Å². The predicted octanol–water partition coefficient (Wildman–Crippen LogP) is 5.97. The first-order chi connectivity index (χ1) is 16.3. The van der Waals surface area contributed by atoms with E-state index in [4.69, 9.17) is 11.6 Å². The average molecular weight is 589 g/mol. The number of anilines is 1. The van der Waals surface area contributed by atoms with Gasteiger partial charge in [-0.3, -0.25) is 9.69 Å². The molecule has 204 valence electrons. The van der Waals surface area contributed by atoms with E-state index in [2.05, 4.69) is 52.1 Å². The van der Waals surface area contributed by atoms with Crippen LogP contribution >= 0.6 is 48.8 Å². The highest BCUT2D eigenvalue weighted by atomic mass is 35.5. The fraction of sp³-hybridized carbons (Fsp3) is 0.407. The number of halogens is 4. The lowest BCUT2D eigenvalue weighted by molar-refractivity contribution is 0.0946. The number of hydrogen-bond donors (Lipinski definition) is 1. The molecule has 10 heteroatoms. The van der Waals surface area contributed by atoms with Crippen molar-refractivity contribution in [2.45, 2.75) is 34.1 Å². The number of amides is 1. The lowest BCUT2D eigenvalue weighted by Crippen LogP contribution is -2.47. The van der Waals surface area contributed by atoms with Crippen molar-refractivity contribution >= 4 is 60.4 Å². The summed E-state index contributed by atoms with van der Waals surface area (Å²) < 4.78 is 1.99. The molecular weight excluding hydrogens is 552 g/mol. The third-order valence-corrected chi connectivity index (χ3v) is 7.05. The van der Waals surface area contributed by atoms with Crippen molar-refractivity contribution in [2.24, 2.45) is 0 Å². The quantitative estimate of drug-likeness (QED) is 0.346. The first kappa shape index (κ1) is 33.1. The van der Waals surface area contributed by atoms with Gasteiger partial charge in [0.1, 0.15) is 11.5 Å². The number of carbonyl (C=O) groups excluding carboxylic acids is 1. The number of imidazole rings is 1. The topological polar surface area (TPSA) is 53.4 Å². The van der Waals surface area contributed by atoms with E-state index in [1.807, 2.05) is 42.7 Å². The van der Waals surface area contributed by atoms with E-state index in [1.54, 1.807) is 0 Å². The Kier molecular flexibility index (Phi) is 13.3. The predicted molar refractivity (Wildman–Crippen MR) is 161 cm³/mol. The molecule has 0 bridgehead atoms. The molecule has 0 spiro atoms. The van der Waals surface area contributed by atoms with Gasteiger partial charge in [0.15, 0.2) is 0 Å². The maximum atomic E-state index is 12.8. The van der Waals surface area contributed by atoms with Gasteiger partial charge in [-0.25, -0.2) is 4.98 Å². The summed E-state index contributed by atoms with van der Waals surface area (Å²) in [5.41, 5.74) is 6.35. The second-order valence-electron chi connectivity index (χ2n) is 9.06. The molecule has 1 amide bonds. The smallest absolute Gasteiger partial charge is 0.271 e. The minimum Gasteiger partial charge on any atom is -0.369 e. The van der Waals surface area contributed by atoms with Crippen molar-refractivity contribution < 1.29 is 4.79 Å². The molecule has 1 aliphatic rings. The molecule has 2 aromatic carbocycles. The highest BCUT2D eigenvalue weighted by Crippen LogP contribution is 2.24. The standard InChI is InChI=1S/C27H34ClN5O.3ClH/c1-19-7-5-8-25(20(19)2)32-17-15-31(16-18-32)14-6-13-29-27(34)26-21(3)33(22(4)30-26)24-11-9-23(28)10-12-24;;;/h5,7-12H,6,13-18H2,1-4H3,(H,29,34);3*1H. The third-order valence-electron chi connectivity index (χ3n) is 6.80. The summed E-state index contributed by atoms with van der Waals surface area (Å²) in [5.74, 6) is 0.666. The van der Waals surface area contributed by atoms with Gasteiger partial charge in [-0.2, -0.15) is 0 Å². The highest BCUT2D eigenvalue weighted by Gasteiger charge is 2.20. The SMILES string of the molecule is Cc1cccc(N2CCN(CCCNC(=O)c3nc(C)n(-c4ccc(Cl)cc4)c3C)CC2)c1C.Cl.Cl.Cl. The van der Waals surface area contributed by atoms with E-state index in [1.165, 1.54) is 16.8 Å². The minimum absolute atomic E-state index is 0. The second kappa shape index (κ2) is 14.8. The number of aromatic nitrogens is 2. The number of aryl methyl sites for hydroxylation is 2. The van der Waals surface area contributed by atoms with Crippen LogP contribution < -0.4 is 10.2 Å². The van der Waals surface area contributed by atoms with Gasteiger partial charge in [0.2, 0.25) is 0 Å². The van der Waals surface area contributed by atoms with Crippen LogP contribution in [0.1, 0.15) is 39.6 Å². The fourth-order valence-electron chi connectivity index (χ4n) is 4.71. The van der Waals surface area contributed by atoms with E-state index in [-0.39, 0.29) is 43.1 Å². The molecule has 1 saturated heterocycles. The summed E-state index contributed by atoms with van der Waals surface area (Å²) in [6, 6.07) is 14.1. The Bertz CT molecular complexity index is 1160. The molecule has 4 rings (SSSR count). The van der Waals surface area contributed by atoms with Crippen LogP contribution in [0, 0.1) is 27.7 Å². The molecule has 6 nitrogen and oxygen atoms in total. The van der Waals surface area contributed by atoms with E-state index in [9.17, 15) is 4.79 Å². The summed E-state index contributed by atoms with van der Waals surface area (Å²) in [5, 5.41) is 3.74. The number of rotatable bonds is 7. The summed E-state index contributed by atoms with van der Waals surface area (Å²) in [7, 11) is 0. The van der Waals surface area contributed by atoms with Gasteiger partial charge < -0.3 is 14.8 Å². The molecule has 0 aliphatic carbocycles. The lowest BCUT2D eigenvalue weighted by Gasteiger charge is -2.37. The Morgan fingerprint density at radius 1 is 0.946 bits per heavy atom. The Morgan fingerprint density at radius 3 is 2.24 bits per heavy atom. The average Bonchev–Trinajstić information content (AvgIpc) is 3.13. The zero-order valence-electron chi connectivity index (χ0n) is 21.8. The maximum absolute atomic E-state index is 12.8. The zero-order chi connectivity index (χ0) is 24.2. The minimum atomic E-state index is -0.118. The van der Waals surface area contributed by atoms with Gasteiger partial charge in [0.25, 0.3) is 5.91 Å². The van der Waals surface area contributed by atoms with Crippen LogP contribution in [-0.4, -0.2) is 59.6 Å². The second-order valence-corrected chi connectivity index (χ2v) is 9.50. The van der Waals surface area contributed by atoms with Gasteiger partial charge >= 0.3 is 0 Å². The van der Waals surface area contributed by atoms with Crippen LogP contribution in [0.3, 0.4) is 0 Å². The van der Waals surface area contributed by atoms with Crippen LogP contribution in [0.25, 0.3) is 5.69 Å². The summed E-state index contributed by atoms with van der Waals surface area (Å²) in [4.78, 5) is 22.3. The lowest BCUT2D eigenvalue weighted by atomic mass is 10.1. The van der Waals surface area contributed by atoms with Gasteiger partial charge in [0, 0.05) is 49.1 Å².